The quantitative estimate of drug-likeness (QED) is 0.423. The predicted molar refractivity (Wildman–Crippen MR) is 127 cm³/mol. The van der Waals surface area contributed by atoms with E-state index in [9.17, 15) is 0 Å². The van der Waals surface area contributed by atoms with Gasteiger partial charge in [-0.05, 0) is 63.6 Å². The molecule has 0 bridgehead atoms. The van der Waals surface area contributed by atoms with Crippen LogP contribution in [-0.2, 0) is 32.1 Å². The Hall–Kier alpha value is -1.12. The average molecular weight is 431 g/mol. The highest BCUT2D eigenvalue weighted by Crippen LogP contribution is 2.36. The number of rotatable bonds is 9. The normalized spacial score (nSPS) is 18.5. The summed E-state index contributed by atoms with van der Waals surface area (Å²) in [6.07, 6.45) is 0. The molecule has 7 heteroatoms. The maximum atomic E-state index is 6.24. The van der Waals surface area contributed by atoms with Crippen LogP contribution in [0.5, 0.6) is 0 Å². The Morgan fingerprint density at radius 2 is 1.67 bits per heavy atom. The van der Waals surface area contributed by atoms with Gasteiger partial charge in [0.25, 0.3) is 0 Å². The summed E-state index contributed by atoms with van der Waals surface area (Å²) in [4.78, 5) is 0. The second kappa shape index (κ2) is 8.79. The fourth-order valence-electron chi connectivity index (χ4n) is 3.49. The number of benzene rings is 1. The summed E-state index contributed by atoms with van der Waals surface area (Å²) in [5.74, 6) is 0. The highest BCUT2D eigenvalue weighted by atomic mass is 28.3. The van der Waals surface area contributed by atoms with Crippen LogP contribution in [0.25, 0.3) is 10.9 Å². The van der Waals surface area contributed by atoms with Crippen LogP contribution in [0.2, 0.25) is 25.7 Å². The minimum Gasteiger partial charge on any atom is -0.399 e. The van der Waals surface area contributed by atoms with Crippen LogP contribution in [0.15, 0.2) is 24.3 Å². The van der Waals surface area contributed by atoms with Gasteiger partial charge in [-0.2, -0.15) is 0 Å². The summed E-state index contributed by atoms with van der Waals surface area (Å²) in [5.41, 5.74) is 2.64. The van der Waals surface area contributed by atoms with E-state index in [0.717, 1.165) is 28.7 Å². The zero-order valence-corrected chi connectivity index (χ0v) is 21.0. The van der Waals surface area contributed by atoms with Crippen LogP contribution in [-0.4, -0.2) is 44.2 Å². The highest BCUT2D eigenvalue weighted by molar-refractivity contribution is 6.76. The predicted octanol–water partition coefficient (Wildman–Crippen LogP) is 4.79. The van der Waals surface area contributed by atoms with E-state index in [1.54, 1.807) is 0 Å². The molecule has 1 fully saturated rings. The Bertz CT molecular complexity index is 856. The van der Waals surface area contributed by atoms with Gasteiger partial charge in [-0.1, -0.05) is 31.8 Å². The third-order valence-corrected chi connectivity index (χ3v) is 7.91. The smallest absolute Gasteiger partial charge is 0.399 e. The summed E-state index contributed by atoms with van der Waals surface area (Å²) >= 11 is 0. The van der Waals surface area contributed by atoms with Crippen molar-refractivity contribution in [1.29, 1.82) is 0 Å². The molecular formula is C23H38BNO4Si. The van der Waals surface area contributed by atoms with Crippen LogP contribution in [0, 0.1) is 0 Å². The number of hydrogen-bond acceptors (Lipinski definition) is 4. The molecule has 3 rings (SSSR count). The maximum absolute atomic E-state index is 6.24. The lowest BCUT2D eigenvalue weighted by Gasteiger charge is -2.32. The van der Waals surface area contributed by atoms with Crippen LogP contribution < -0.4 is 5.46 Å². The number of hydrogen-bond donors (Lipinski definition) is 0. The lowest BCUT2D eigenvalue weighted by atomic mass is 9.78. The van der Waals surface area contributed by atoms with Crippen molar-refractivity contribution in [1.82, 2.24) is 4.57 Å². The van der Waals surface area contributed by atoms with Crippen molar-refractivity contribution in [3.05, 3.63) is 30.0 Å². The summed E-state index contributed by atoms with van der Waals surface area (Å²) in [6.45, 7) is 20.1. The molecule has 0 aliphatic carbocycles. The second-order valence-corrected chi connectivity index (χ2v) is 16.1. The molecule has 0 atom stereocenters. The lowest BCUT2D eigenvalue weighted by Crippen LogP contribution is -2.41. The van der Waals surface area contributed by atoms with E-state index >= 15 is 0 Å². The first-order valence-corrected chi connectivity index (χ1v) is 14.8. The number of aromatic nitrogens is 1. The molecule has 0 unspecified atom stereocenters. The van der Waals surface area contributed by atoms with E-state index in [4.69, 9.17) is 18.8 Å². The number of ether oxygens (including phenoxy) is 2. The van der Waals surface area contributed by atoms with E-state index in [1.165, 1.54) is 6.04 Å². The van der Waals surface area contributed by atoms with Crippen molar-refractivity contribution < 1.29 is 18.8 Å². The summed E-state index contributed by atoms with van der Waals surface area (Å²) in [7, 11) is -1.46. The Morgan fingerprint density at radius 1 is 1.00 bits per heavy atom. The van der Waals surface area contributed by atoms with Crippen LogP contribution in [0.1, 0.15) is 40.3 Å². The highest BCUT2D eigenvalue weighted by Gasteiger charge is 2.51. The first-order valence-electron chi connectivity index (χ1n) is 11.1. The Balaban J connectivity index is 1.83. The topological polar surface area (TPSA) is 41.9 Å². The molecule has 0 amide bonds. The Morgan fingerprint density at radius 3 is 2.27 bits per heavy atom. The van der Waals surface area contributed by atoms with Gasteiger partial charge in [0.05, 0.1) is 23.3 Å². The molecule has 0 saturated carbocycles. The fraction of sp³-hybridized carbons (Fsp3) is 0.652. The zero-order chi connectivity index (χ0) is 22.2. The minimum absolute atomic E-state index is 0.344. The van der Waals surface area contributed by atoms with Crippen molar-refractivity contribution in [2.45, 2.75) is 84.8 Å². The van der Waals surface area contributed by atoms with Crippen molar-refractivity contribution in [3.8, 4) is 0 Å². The first-order chi connectivity index (χ1) is 13.9. The SMILES string of the molecule is CCOCc1cc2cc(B3OC(C)(C)C(C)(C)O3)ccc2n1COCC[Si](C)(C)C. The van der Waals surface area contributed by atoms with Gasteiger partial charge >= 0.3 is 7.12 Å². The molecule has 1 aliphatic rings. The molecule has 1 saturated heterocycles. The van der Waals surface area contributed by atoms with Gasteiger partial charge in [0.15, 0.2) is 0 Å². The van der Waals surface area contributed by atoms with Crippen molar-refractivity contribution in [2.75, 3.05) is 13.2 Å². The van der Waals surface area contributed by atoms with Crippen LogP contribution in [0.4, 0.5) is 0 Å². The molecule has 1 aliphatic heterocycles. The summed E-state index contributed by atoms with van der Waals surface area (Å²) in [5, 5.41) is 1.16. The van der Waals surface area contributed by atoms with Crippen LogP contribution >= 0.6 is 0 Å². The minimum atomic E-state index is -1.10. The van der Waals surface area contributed by atoms with Gasteiger partial charge in [0.2, 0.25) is 0 Å². The Kier molecular flexibility index (Phi) is 6.90. The largest absolute Gasteiger partial charge is 0.494 e. The van der Waals surface area contributed by atoms with Gasteiger partial charge in [-0.3, -0.25) is 0 Å². The third-order valence-electron chi connectivity index (χ3n) is 6.21. The molecule has 2 heterocycles. The molecule has 5 nitrogen and oxygen atoms in total. The monoisotopic (exact) mass is 431 g/mol. The van der Waals surface area contributed by atoms with E-state index in [0.29, 0.717) is 19.9 Å². The molecule has 1 aromatic carbocycles. The second-order valence-electron chi connectivity index (χ2n) is 10.5. The van der Waals surface area contributed by atoms with Crippen LogP contribution in [0.3, 0.4) is 0 Å². The zero-order valence-electron chi connectivity index (χ0n) is 20.0. The molecule has 2 aromatic rings. The molecule has 0 N–H and O–H groups in total. The van der Waals surface area contributed by atoms with Gasteiger partial charge < -0.3 is 23.3 Å². The van der Waals surface area contributed by atoms with Crippen molar-refractivity contribution in [2.24, 2.45) is 0 Å². The third kappa shape index (κ3) is 5.19. The van der Waals surface area contributed by atoms with E-state index < -0.39 is 8.07 Å². The van der Waals surface area contributed by atoms with Gasteiger partial charge in [0.1, 0.15) is 6.73 Å². The summed E-state index contributed by atoms with van der Waals surface area (Å²) in [6, 6.07) is 9.78. The Labute approximate surface area is 183 Å². The van der Waals surface area contributed by atoms with Gasteiger partial charge in [-0.25, -0.2) is 0 Å². The summed E-state index contributed by atoms with van der Waals surface area (Å²) < 4.78 is 26.5. The van der Waals surface area contributed by atoms with E-state index in [-0.39, 0.29) is 18.3 Å². The first kappa shape index (κ1) is 23.5. The van der Waals surface area contributed by atoms with E-state index in [1.807, 2.05) is 6.92 Å². The standard InChI is InChI=1S/C23H38BNO4Si/c1-9-26-16-20-15-18-14-19(24-28-22(2,3)23(4,5)29-24)10-11-21(18)25(20)17-27-12-13-30(6,7)8/h10-11,14-15H,9,12-13,16-17H2,1-8H3. The van der Waals surface area contributed by atoms with Gasteiger partial charge in [0, 0.05) is 27.0 Å². The molecule has 0 radical (unpaired) electrons. The molecule has 1 aromatic heterocycles. The van der Waals surface area contributed by atoms with Crippen molar-refractivity contribution >= 4 is 31.6 Å². The van der Waals surface area contributed by atoms with Crippen molar-refractivity contribution in [3.63, 3.8) is 0 Å². The molecule has 166 valence electrons. The van der Waals surface area contributed by atoms with E-state index in [2.05, 4.69) is 76.2 Å². The van der Waals surface area contributed by atoms with Gasteiger partial charge in [-0.15, -0.1) is 0 Å². The maximum Gasteiger partial charge on any atom is 0.494 e. The lowest BCUT2D eigenvalue weighted by molar-refractivity contribution is 0.00578. The number of nitrogens with zero attached hydrogens (tertiary/aromatic N) is 1. The fourth-order valence-corrected chi connectivity index (χ4v) is 4.24. The molecule has 0 spiro atoms. The molecule has 30 heavy (non-hydrogen) atoms. The molecular weight excluding hydrogens is 393 g/mol. The number of fused-ring (bicyclic) bond motifs is 1. The average Bonchev–Trinajstić information content (AvgIpc) is 3.08.